The summed E-state index contributed by atoms with van der Waals surface area (Å²) in [6, 6.07) is 3.32. The molecule has 126 valence electrons. The number of guanidine groups is 1. The maximum atomic E-state index is 11.6. The fourth-order valence-corrected chi connectivity index (χ4v) is 3.04. The Labute approximate surface area is 151 Å². The van der Waals surface area contributed by atoms with Gasteiger partial charge in [0.05, 0.1) is 12.1 Å². The van der Waals surface area contributed by atoms with Gasteiger partial charge < -0.3 is 16.6 Å². The van der Waals surface area contributed by atoms with Crippen LogP contribution in [-0.2, 0) is 22.6 Å². The molecule has 24 heavy (non-hydrogen) atoms. The normalized spacial score (nSPS) is 13.5. The van der Waals surface area contributed by atoms with Crippen molar-refractivity contribution in [3.63, 3.8) is 0 Å². The first-order chi connectivity index (χ1) is 11.3. The van der Waals surface area contributed by atoms with Crippen molar-refractivity contribution in [2.45, 2.75) is 13.0 Å². The van der Waals surface area contributed by atoms with Crippen LogP contribution >= 0.6 is 22.6 Å². The standard InChI is InChI=1S/C15H15IN4O4/c16-9-5-8(3-4-20-12(21)1-2-13(20)22)11(7-19-15(17)18)10(6-9)14(23)24/h1-2,5-6H,3-4,7H2,(H,23,24)(H4,17,18,19). The Kier molecular flexibility index (Phi) is 5.54. The van der Waals surface area contributed by atoms with Gasteiger partial charge in [-0.2, -0.15) is 0 Å². The molecule has 1 aliphatic rings. The van der Waals surface area contributed by atoms with Crippen LogP contribution < -0.4 is 11.5 Å². The van der Waals surface area contributed by atoms with E-state index in [1.165, 1.54) is 18.2 Å². The smallest absolute Gasteiger partial charge is 0.336 e. The van der Waals surface area contributed by atoms with E-state index in [1.54, 1.807) is 6.07 Å². The average molecular weight is 442 g/mol. The lowest BCUT2D eigenvalue weighted by molar-refractivity contribution is -0.136. The molecule has 0 spiro atoms. The molecule has 8 nitrogen and oxygen atoms in total. The first-order valence-electron chi connectivity index (χ1n) is 6.93. The number of carbonyl (C=O) groups is 3. The minimum Gasteiger partial charge on any atom is -0.478 e. The second-order valence-electron chi connectivity index (χ2n) is 5.05. The number of imide groups is 1. The third-order valence-electron chi connectivity index (χ3n) is 3.46. The lowest BCUT2D eigenvalue weighted by atomic mass is 9.98. The third-order valence-corrected chi connectivity index (χ3v) is 4.09. The number of nitrogens with two attached hydrogens (primary N) is 2. The molecule has 0 unspecified atom stereocenters. The highest BCUT2D eigenvalue weighted by Crippen LogP contribution is 2.22. The Morgan fingerprint density at radius 2 is 1.83 bits per heavy atom. The first kappa shape index (κ1) is 17.9. The van der Waals surface area contributed by atoms with Crippen molar-refractivity contribution in [2.75, 3.05) is 6.54 Å². The van der Waals surface area contributed by atoms with Crippen LogP contribution in [-0.4, -0.2) is 40.3 Å². The highest BCUT2D eigenvalue weighted by molar-refractivity contribution is 14.1. The number of carbonyl (C=O) groups excluding carboxylic acids is 2. The van der Waals surface area contributed by atoms with E-state index in [2.05, 4.69) is 4.99 Å². The maximum Gasteiger partial charge on any atom is 0.336 e. The number of nitrogens with zero attached hydrogens (tertiary/aromatic N) is 2. The highest BCUT2D eigenvalue weighted by Gasteiger charge is 2.24. The summed E-state index contributed by atoms with van der Waals surface area (Å²) in [7, 11) is 0. The van der Waals surface area contributed by atoms with E-state index in [9.17, 15) is 19.5 Å². The number of rotatable bonds is 6. The van der Waals surface area contributed by atoms with Crippen molar-refractivity contribution >= 4 is 46.3 Å². The van der Waals surface area contributed by atoms with Crippen molar-refractivity contribution in [1.82, 2.24) is 4.90 Å². The molecule has 2 rings (SSSR count). The number of halogens is 1. The number of hydrogen-bond donors (Lipinski definition) is 3. The van der Waals surface area contributed by atoms with Crippen molar-refractivity contribution in [3.8, 4) is 0 Å². The average Bonchev–Trinajstić information content (AvgIpc) is 2.82. The fraction of sp³-hybridized carbons (Fsp3) is 0.200. The molecule has 9 heteroatoms. The molecule has 1 aliphatic heterocycles. The minimum absolute atomic E-state index is 0.0103. The Morgan fingerprint density at radius 3 is 2.38 bits per heavy atom. The summed E-state index contributed by atoms with van der Waals surface area (Å²) in [6.07, 6.45) is 2.73. The number of carboxylic acid groups (broad SMARTS) is 1. The molecule has 0 saturated heterocycles. The van der Waals surface area contributed by atoms with E-state index in [0.29, 0.717) is 17.5 Å². The SMILES string of the molecule is NC(N)=NCc1c(CCN2C(=O)C=CC2=O)cc(I)cc1C(=O)O. The number of aromatic carboxylic acids is 1. The summed E-state index contributed by atoms with van der Waals surface area (Å²) in [4.78, 5) is 39.7. The van der Waals surface area contributed by atoms with Gasteiger partial charge in [0, 0.05) is 22.3 Å². The van der Waals surface area contributed by atoms with Gasteiger partial charge in [-0.1, -0.05) is 0 Å². The topological polar surface area (TPSA) is 139 Å². The van der Waals surface area contributed by atoms with E-state index in [0.717, 1.165) is 8.47 Å². The number of benzene rings is 1. The molecular formula is C15H15IN4O4. The molecule has 0 saturated carbocycles. The summed E-state index contributed by atoms with van der Waals surface area (Å²) >= 11 is 2.01. The Hall–Kier alpha value is -2.43. The number of carboxylic acids is 1. The molecule has 2 amide bonds. The van der Waals surface area contributed by atoms with Gasteiger partial charge in [-0.05, 0) is 52.3 Å². The summed E-state index contributed by atoms with van der Waals surface area (Å²) in [5.41, 5.74) is 11.9. The highest BCUT2D eigenvalue weighted by atomic mass is 127. The van der Waals surface area contributed by atoms with Crippen LogP contribution in [0, 0.1) is 3.57 Å². The zero-order chi connectivity index (χ0) is 17.9. The molecule has 1 aromatic rings. The lowest BCUT2D eigenvalue weighted by Gasteiger charge is -2.16. The number of amides is 2. The zero-order valence-electron chi connectivity index (χ0n) is 12.5. The number of hydrogen-bond acceptors (Lipinski definition) is 4. The molecule has 0 radical (unpaired) electrons. The molecule has 0 aromatic heterocycles. The van der Waals surface area contributed by atoms with Crippen LogP contribution in [0.5, 0.6) is 0 Å². The van der Waals surface area contributed by atoms with Crippen molar-refractivity contribution < 1.29 is 19.5 Å². The summed E-state index contributed by atoms with van der Waals surface area (Å²) < 4.78 is 0.727. The molecule has 1 heterocycles. The van der Waals surface area contributed by atoms with Gasteiger partial charge in [0.15, 0.2) is 5.96 Å². The minimum atomic E-state index is -1.09. The van der Waals surface area contributed by atoms with E-state index in [-0.39, 0.29) is 36.4 Å². The van der Waals surface area contributed by atoms with E-state index in [1.807, 2.05) is 22.6 Å². The lowest BCUT2D eigenvalue weighted by Crippen LogP contribution is -2.32. The quantitative estimate of drug-likeness (QED) is 0.250. The van der Waals surface area contributed by atoms with Crippen molar-refractivity contribution in [1.29, 1.82) is 0 Å². The maximum absolute atomic E-state index is 11.6. The second kappa shape index (κ2) is 7.43. The van der Waals surface area contributed by atoms with E-state index < -0.39 is 5.97 Å². The molecular weight excluding hydrogens is 427 g/mol. The van der Waals surface area contributed by atoms with Crippen molar-refractivity contribution in [3.05, 3.63) is 44.5 Å². The summed E-state index contributed by atoms with van der Waals surface area (Å²) in [6.45, 7) is 0.162. The predicted molar refractivity (Wildman–Crippen MR) is 95.2 cm³/mol. The van der Waals surface area contributed by atoms with Gasteiger partial charge in [0.25, 0.3) is 11.8 Å². The van der Waals surface area contributed by atoms with Crippen LogP contribution in [0.15, 0.2) is 29.3 Å². The Morgan fingerprint density at radius 1 is 1.21 bits per heavy atom. The largest absolute Gasteiger partial charge is 0.478 e. The van der Waals surface area contributed by atoms with E-state index in [4.69, 9.17) is 11.5 Å². The van der Waals surface area contributed by atoms with Gasteiger partial charge in [-0.15, -0.1) is 0 Å². The molecule has 5 N–H and O–H groups in total. The van der Waals surface area contributed by atoms with Crippen LogP contribution in [0.25, 0.3) is 0 Å². The molecule has 0 fully saturated rings. The molecule has 0 aliphatic carbocycles. The van der Waals surface area contributed by atoms with Crippen molar-refractivity contribution in [2.24, 2.45) is 16.5 Å². The molecule has 0 bridgehead atoms. The first-order valence-corrected chi connectivity index (χ1v) is 8.01. The van der Waals surface area contributed by atoms with E-state index >= 15 is 0 Å². The zero-order valence-corrected chi connectivity index (χ0v) is 14.7. The van der Waals surface area contributed by atoms with Gasteiger partial charge in [-0.25, -0.2) is 9.79 Å². The van der Waals surface area contributed by atoms with Gasteiger partial charge in [0.1, 0.15) is 0 Å². The Balaban J connectivity index is 2.33. The Bertz CT molecular complexity index is 751. The fourth-order valence-electron chi connectivity index (χ4n) is 2.35. The monoisotopic (exact) mass is 442 g/mol. The predicted octanol–water partition coefficient (Wildman–Crippen LogP) is 0.230. The van der Waals surface area contributed by atoms with Gasteiger partial charge in [-0.3, -0.25) is 14.5 Å². The van der Waals surface area contributed by atoms with Crippen LogP contribution in [0.4, 0.5) is 0 Å². The van der Waals surface area contributed by atoms with Crippen LogP contribution in [0.3, 0.4) is 0 Å². The second-order valence-corrected chi connectivity index (χ2v) is 6.29. The van der Waals surface area contributed by atoms with Gasteiger partial charge in [0.2, 0.25) is 0 Å². The summed E-state index contributed by atoms with van der Waals surface area (Å²) in [5, 5.41) is 9.40. The van der Waals surface area contributed by atoms with Crippen LogP contribution in [0.1, 0.15) is 21.5 Å². The van der Waals surface area contributed by atoms with Crippen LogP contribution in [0.2, 0.25) is 0 Å². The molecule has 0 atom stereocenters. The number of aliphatic imine (C=N–C) groups is 1. The van der Waals surface area contributed by atoms with Gasteiger partial charge >= 0.3 is 5.97 Å². The summed E-state index contributed by atoms with van der Waals surface area (Å²) in [5.74, 6) is -2.00. The third kappa shape index (κ3) is 4.10. The molecule has 1 aromatic carbocycles.